The molecule has 1 aliphatic heterocycles. The Hall–Kier alpha value is -2.15. The highest BCUT2D eigenvalue weighted by atomic mass is 35.5. The second-order valence-corrected chi connectivity index (χ2v) is 9.12. The number of halogens is 1. The van der Waals surface area contributed by atoms with Crippen molar-refractivity contribution in [2.45, 2.75) is 32.7 Å². The first-order chi connectivity index (χ1) is 14.4. The Balaban J connectivity index is 1.61. The highest BCUT2D eigenvalue weighted by Gasteiger charge is 2.25. The maximum Gasteiger partial charge on any atom is 0.303 e. The van der Waals surface area contributed by atoms with Gasteiger partial charge in [-0.2, -0.15) is 0 Å². The quantitative estimate of drug-likeness (QED) is 0.552. The Morgan fingerprint density at radius 3 is 2.93 bits per heavy atom. The number of nitrogens with zero attached hydrogens (tertiary/aromatic N) is 3. The number of fused-ring (bicyclic) bond motifs is 1. The zero-order valence-electron chi connectivity index (χ0n) is 17.5. The molecular formula is C23H28ClN3O2S. The third-order valence-corrected chi connectivity index (χ3v) is 6.57. The van der Waals surface area contributed by atoms with Crippen LogP contribution in [0.2, 0.25) is 5.02 Å². The number of thiazole rings is 1. The average Bonchev–Trinajstić information content (AvgIpc) is 3.11. The van der Waals surface area contributed by atoms with Crippen molar-refractivity contribution in [2.24, 2.45) is 0 Å². The van der Waals surface area contributed by atoms with Gasteiger partial charge in [-0.05, 0) is 44.0 Å². The second-order valence-electron chi connectivity index (χ2n) is 7.68. The Morgan fingerprint density at radius 1 is 1.43 bits per heavy atom. The van der Waals surface area contributed by atoms with Gasteiger partial charge >= 0.3 is 5.97 Å². The maximum absolute atomic E-state index is 10.7. The zero-order chi connectivity index (χ0) is 21.7. The van der Waals surface area contributed by atoms with Crippen molar-refractivity contribution in [2.75, 3.05) is 31.1 Å². The summed E-state index contributed by atoms with van der Waals surface area (Å²) >= 11 is 7.80. The number of hydrogen-bond donors (Lipinski definition) is 1. The topological polar surface area (TPSA) is 56.7 Å². The van der Waals surface area contributed by atoms with Gasteiger partial charge in [0.2, 0.25) is 0 Å². The van der Waals surface area contributed by atoms with Crippen LogP contribution in [0, 0.1) is 0 Å². The van der Waals surface area contributed by atoms with Crippen molar-refractivity contribution in [3.63, 3.8) is 0 Å². The molecule has 0 bridgehead atoms. The third kappa shape index (κ3) is 5.94. The van der Waals surface area contributed by atoms with Crippen LogP contribution in [-0.2, 0) is 4.79 Å². The summed E-state index contributed by atoms with van der Waals surface area (Å²) in [6.45, 7) is 11.8. The minimum absolute atomic E-state index is 0.158. The summed E-state index contributed by atoms with van der Waals surface area (Å²) in [6.07, 6.45) is 6.67. The van der Waals surface area contributed by atoms with Crippen molar-refractivity contribution in [1.29, 1.82) is 0 Å². The predicted molar refractivity (Wildman–Crippen MR) is 127 cm³/mol. The molecule has 2 heterocycles. The molecule has 7 heteroatoms. The molecule has 1 aromatic heterocycles. The standard InChI is InChI=1S/C23H28ClN3O2S/c1-4-18(12-16(2)6-5-7-22(28)29)15-26-10-11-27(14-17(26)3)23-25-20-9-8-19(24)13-21(20)30-23/h4,6,8-9,12-13,17H,1,5,7,10-11,14-15H2,2-3H3,(H,28,29)/b16-6-,18-12+/t17-/m0/s1. The van der Waals surface area contributed by atoms with Crippen molar-refractivity contribution in [3.8, 4) is 0 Å². The molecule has 5 nitrogen and oxygen atoms in total. The van der Waals surface area contributed by atoms with E-state index in [1.165, 1.54) is 0 Å². The first kappa shape index (κ1) is 22.5. The van der Waals surface area contributed by atoms with Crippen LogP contribution >= 0.6 is 22.9 Å². The Kier molecular flexibility index (Phi) is 7.69. The van der Waals surface area contributed by atoms with Crippen LogP contribution in [0.3, 0.4) is 0 Å². The number of carbonyl (C=O) groups is 1. The van der Waals surface area contributed by atoms with Gasteiger partial charge in [0.1, 0.15) is 0 Å². The van der Waals surface area contributed by atoms with E-state index in [4.69, 9.17) is 21.7 Å². The summed E-state index contributed by atoms with van der Waals surface area (Å²) in [5.74, 6) is -0.769. The molecule has 3 rings (SSSR count). The number of carboxylic acid groups (broad SMARTS) is 1. The molecule has 1 fully saturated rings. The fraction of sp³-hybridized carbons (Fsp3) is 0.391. The first-order valence-electron chi connectivity index (χ1n) is 10.1. The third-order valence-electron chi connectivity index (χ3n) is 5.26. The van der Waals surface area contributed by atoms with E-state index in [0.717, 1.165) is 57.7 Å². The number of hydrogen-bond acceptors (Lipinski definition) is 5. The summed E-state index contributed by atoms with van der Waals surface area (Å²) in [5, 5.41) is 10.6. The van der Waals surface area contributed by atoms with Crippen molar-refractivity contribution in [1.82, 2.24) is 9.88 Å². The lowest BCUT2D eigenvalue weighted by Gasteiger charge is -2.40. The molecule has 1 atom stereocenters. The Bertz CT molecular complexity index is 982. The molecule has 1 saturated heterocycles. The number of rotatable bonds is 8. The number of carboxylic acids is 1. The second kappa shape index (κ2) is 10.2. The molecule has 160 valence electrons. The summed E-state index contributed by atoms with van der Waals surface area (Å²) in [7, 11) is 0. The summed E-state index contributed by atoms with van der Waals surface area (Å²) in [6, 6.07) is 6.22. The van der Waals surface area contributed by atoms with E-state index in [2.05, 4.69) is 29.4 Å². The minimum Gasteiger partial charge on any atom is -0.481 e. The van der Waals surface area contributed by atoms with Crippen LogP contribution in [0.5, 0.6) is 0 Å². The highest BCUT2D eigenvalue weighted by Crippen LogP contribution is 2.32. The summed E-state index contributed by atoms with van der Waals surface area (Å²) in [4.78, 5) is 20.3. The van der Waals surface area contributed by atoms with E-state index in [1.807, 2.05) is 37.3 Å². The molecule has 0 aliphatic carbocycles. The Labute approximate surface area is 187 Å². The normalized spacial score (nSPS) is 18.8. The molecule has 1 aromatic carbocycles. The largest absolute Gasteiger partial charge is 0.481 e. The zero-order valence-corrected chi connectivity index (χ0v) is 19.0. The minimum atomic E-state index is -0.769. The molecule has 30 heavy (non-hydrogen) atoms. The van der Waals surface area contributed by atoms with E-state index in [-0.39, 0.29) is 6.42 Å². The number of aliphatic carboxylic acids is 1. The van der Waals surface area contributed by atoms with Gasteiger partial charge in [0.15, 0.2) is 5.13 Å². The van der Waals surface area contributed by atoms with Crippen LogP contribution in [0.15, 0.2) is 54.2 Å². The first-order valence-corrected chi connectivity index (χ1v) is 11.3. The molecule has 0 amide bonds. The molecule has 0 saturated carbocycles. The van der Waals surface area contributed by atoms with E-state index < -0.39 is 5.97 Å². The molecule has 1 aliphatic rings. The van der Waals surface area contributed by atoms with Crippen molar-refractivity contribution >= 4 is 44.3 Å². The fourth-order valence-corrected chi connectivity index (χ4v) is 4.88. The van der Waals surface area contributed by atoms with E-state index in [9.17, 15) is 4.79 Å². The summed E-state index contributed by atoms with van der Waals surface area (Å²) < 4.78 is 1.12. The molecule has 0 radical (unpaired) electrons. The number of benzene rings is 1. The van der Waals surface area contributed by atoms with Gasteiger partial charge in [-0.15, -0.1) is 0 Å². The lowest BCUT2D eigenvalue weighted by atomic mass is 10.1. The van der Waals surface area contributed by atoms with Gasteiger partial charge in [0.25, 0.3) is 0 Å². The van der Waals surface area contributed by atoms with Gasteiger partial charge in [-0.3, -0.25) is 9.69 Å². The molecule has 1 N–H and O–H groups in total. The summed E-state index contributed by atoms with van der Waals surface area (Å²) in [5.41, 5.74) is 3.22. The van der Waals surface area contributed by atoms with Gasteiger partial charge in [0, 0.05) is 43.7 Å². The van der Waals surface area contributed by atoms with E-state index >= 15 is 0 Å². The number of anilines is 1. The monoisotopic (exact) mass is 445 g/mol. The van der Waals surface area contributed by atoms with E-state index in [0.29, 0.717) is 12.5 Å². The fourth-order valence-electron chi connectivity index (χ4n) is 3.60. The molecular weight excluding hydrogens is 418 g/mol. The molecule has 2 aromatic rings. The average molecular weight is 446 g/mol. The number of allylic oxidation sites excluding steroid dienone is 3. The van der Waals surface area contributed by atoms with E-state index in [1.54, 1.807) is 11.3 Å². The SMILES string of the molecule is C=C/C(=C\C(C)=C/CCC(=O)O)CN1CCN(c2nc3ccc(Cl)cc3s2)C[C@@H]1C. The smallest absolute Gasteiger partial charge is 0.303 e. The van der Waals surface area contributed by atoms with Crippen molar-refractivity contribution < 1.29 is 9.90 Å². The predicted octanol–water partition coefficient (Wildman–Crippen LogP) is 5.38. The van der Waals surface area contributed by atoms with Gasteiger partial charge in [-0.25, -0.2) is 4.98 Å². The van der Waals surface area contributed by atoms with Crippen LogP contribution < -0.4 is 4.90 Å². The Morgan fingerprint density at radius 2 is 2.23 bits per heavy atom. The van der Waals surface area contributed by atoms with Crippen LogP contribution in [-0.4, -0.2) is 53.2 Å². The van der Waals surface area contributed by atoms with Crippen molar-refractivity contribution in [3.05, 3.63) is 59.2 Å². The molecule has 0 spiro atoms. The van der Waals surface area contributed by atoms with Crippen LogP contribution in [0.25, 0.3) is 10.2 Å². The lowest BCUT2D eigenvalue weighted by molar-refractivity contribution is -0.136. The molecule has 0 unspecified atom stereocenters. The van der Waals surface area contributed by atoms with Gasteiger partial charge in [-0.1, -0.05) is 53.3 Å². The van der Waals surface area contributed by atoms with Gasteiger partial charge in [0.05, 0.1) is 10.2 Å². The van der Waals surface area contributed by atoms with Crippen LogP contribution in [0.1, 0.15) is 26.7 Å². The number of piperazine rings is 1. The highest BCUT2D eigenvalue weighted by molar-refractivity contribution is 7.22. The lowest BCUT2D eigenvalue weighted by Crippen LogP contribution is -2.52. The number of aromatic nitrogens is 1. The maximum atomic E-state index is 10.7. The van der Waals surface area contributed by atoms with Gasteiger partial charge < -0.3 is 10.0 Å². The van der Waals surface area contributed by atoms with Crippen LogP contribution in [0.4, 0.5) is 5.13 Å².